The molecule has 9 nitrogen and oxygen atoms in total. The number of rotatable bonds is 5. The molecule has 0 saturated carbocycles. The maximum Gasteiger partial charge on any atom is 0.305 e. The highest BCUT2D eigenvalue weighted by atomic mass is 16.7. The molecular formula is C15H22O9. The van der Waals surface area contributed by atoms with Crippen LogP contribution in [0, 0.1) is 0 Å². The Balaban J connectivity index is 3.09. The summed E-state index contributed by atoms with van der Waals surface area (Å²) in [7, 11) is 0. The summed E-state index contributed by atoms with van der Waals surface area (Å²) in [6.45, 7) is 6.09. The molecule has 0 radical (unpaired) electrons. The number of hydrogen-bond donors (Lipinski definition) is 0. The van der Waals surface area contributed by atoms with Gasteiger partial charge in [-0.1, -0.05) is 0 Å². The second-order valence-corrected chi connectivity index (χ2v) is 5.61. The minimum Gasteiger partial charge on any atom is -0.463 e. The summed E-state index contributed by atoms with van der Waals surface area (Å²) in [6, 6.07) is 0. The van der Waals surface area contributed by atoms with E-state index in [2.05, 4.69) is 0 Å². The molecule has 4 atom stereocenters. The summed E-state index contributed by atoms with van der Waals surface area (Å²) in [5.41, 5.74) is -1.53. The van der Waals surface area contributed by atoms with Crippen LogP contribution in [-0.2, 0) is 42.9 Å². The zero-order valence-electron chi connectivity index (χ0n) is 14.3. The largest absolute Gasteiger partial charge is 0.463 e. The number of esters is 4. The first-order chi connectivity index (χ1) is 11.0. The second kappa shape index (κ2) is 8.09. The molecule has 1 heterocycles. The van der Waals surface area contributed by atoms with Crippen LogP contribution >= 0.6 is 0 Å². The summed E-state index contributed by atoms with van der Waals surface area (Å²) in [5, 5.41) is 0. The molecule has 1 saturated heterocycles. The lowest BCUT2D eigenvalue weighted by molar-refractivity contribution is -0.305. The topological polar surface area (TPSA) is 114 Å². The van der Waals surface area contributed by atoms with Crippen LogP contribution in [-0.4, -0.2) is 54.6 Å². The van der Waals surface area contributed by atoms with Crippen molar-refractivity contribution in [2.45, 2.75) is 65.1 Å². The minimum absolute atomic E-state index is 0.0917. The molecule has 0 bridgehead atoms. The lowest BCUT2D eigenvalue weighted by Crippen LogP contribution is -2.62. The lowest BCUT2D eigenvalue weighted by Gasteiger charge is -2.46. The first kappa shape index (κ1) is 19.9. The van der Waals surface area contributed by atoms with Crippen molar-refractivity contribution >= 4 is 23.9 Å². The molecule has 0 aromatic rings. The Kier molecular flexibility index (Phi) is 6.70. The molecule has 1 aliphatic heterocycles. The van der Waals surface area contributed by atoms with Crippen molar-refractivity contribution in [2.75, 3.05) is 6.61 Å². The Morgan fingerprint density at radius 3 is 2.00 bits per heavy atom. The second-order valence-electron chi connectivity index (χ2n) is 5.61. The fraction of sp³-hybridized carbons (Fsp3) is 0.733. The molecule has 136 valence electrons. The van der Waals surface area contributed by atoms with Crippen molar-refractivity contribution in [1.82, 2.24) is 0 Å². The molecule has 0 aliphatic carbocycles. The van der Waals surface area contributed by atoms with Crippen molar-refractivity contribution < 1.29 is 42.9 Å². The van der Waals surface area contributed by atoms with Gasteiger partial charge in [-0.15, -0.1) is 0 Å². The van der Waals surface area contributed by atoms with E-state index in [1.54, 1.807) is 0 Å². The van der Waals surface area contributed by atoms with Gasteiger partial charge in [0.05, 0.1) is 6.10 Å². The molecule has 1 unspecified atom stereocenters. The Hall–Kier alpha value is -2.16. The summed E-state index contributed by atoms with van der Waals surface area (Å²) < 4.78 is 26.0. The van der Waals surface area contributed by atoms with E-state index in [1.165, 1.54) is 27.7 Å². The van der Waals surface area contributed by atoms with Crippen LogP contribution in [0.2, 0.25) is 0 Å². The van der Waals surface area contributed by atoms with Crippen LogP contribution in [0.15, 0.2) is 0 Å². The first-order valence-electron chi connectivity index (χ1n) is 7.37. The monoisotopic (exact) mass is 346 g/mol. The van der Waals surface area contributed by atoms with E-state index < -0.39 is 48.0 Å². The molecule has 24 heavy (non-hydrogen) atoms. The van der Waals surface area contributed by atoms with Gasteiger partial charge in [-0.3, -0.25) is 19.2 Å². The number of ether oxygens (including phenoxy) is 5. The molecule has 0 aromatic carbocycles. The van der Waals surface area contributed by atoms with Crippen LogP contribution in [0.5, 0.6) is 0 Å². The van der Waals surface area contributed by atoms with Gasteiger partial charge in [-0.25, -0.2) is 0 Å². The number of carbonyl (C=O) groups excluding carboxylic acids is 4. The van der Waals surface area contributed by atoms with Gasteiger partial charge in [-0.05, 0) is 6.92 Å². The molecule has 1 aliphatic rings. The third-order valence-corrected chi connectivity index (χ3v) is 3.32. The van der Waals surface area contributed by atoms with Crippen LogP contribution in [0.3, 0.4) is 0 Å². The first-order valence-corrected chi connectivity index (χ1v) is 7.37. The molecule has 0 amide bonds. The van der Waals surface area contributed by atoms with Crippen molar-refractivity contribution in [3.05, 3.63) is 0 Å². The molecule has 0 N–H and O–H groups in total. The van der Waals surface area contributed by atoms with E-state index in [0.29, 0.717) is 0 Å². The zero-order valence-corrected chi connectivity index (χ0v) is 14.3. The fourth-order valence-corrected chi connectivity index (χ4v) is 2.39. The summed E-state index contributed by atoms with van der Waals surface area (Å²) >= 11 is 0. The van der Waals surface area contributed by atoms with Gasteiger partial charge in [0.2, 0.25) is 11.9 Å². The lowest BCUT2D eigenvalue weighted by atomic mass is 9.89. The SMILES string of the molecule is CC(=O)OC[C@@H]1C[C@H](OC(C)=O)[C@](C)(OC(C)=O)C(OC(C)=O)O1. The van der Waals surface area contributed by atoms with Crippen molar-refractivity contribution in [2.24, 2.45) is 0 Å². The van der Waals surface area contributed by atoms with E-state index in [0.717, 1.165) is 6.92 Å². The highest BCUT2D eigenvalue weighted by Crippen LogP contribution is 2.36. The number of carbonyl (C=O) groups is 4. The normalized spacial score (nSPS) is 29.3. The fourth-order valence-electron chi connectivity index (χ4n) is 2.39. The van der Waals surface area contributed by atoms with E-state index >= 15 is 0 Å². The van der Waals surface area contributed by atoms with E-state index in [1.807, 2.05) is 0 Å². The van der Waals surface area contributed by atoms with Gasteiger partial charge in [0.25, 0.3) is 0 Å². The van der Waals surface area contributed by atoms with E-state index in [-0.39, 0.29) is 13.0 Å². The Labute approximate surface area is 139 Å². The van der Waals surface area contributed by atoms with Gasteiger partial charge in [0.1, 0.15) is 12.7 Å². The molecule has 0 aromatic heterocycles. The third kappa shape index (κ3) is 5.48. The van der Waals surface area contributed by atoms with Crippen molar-refractivity contribution in [1.29, 1.82) is 0 Å². The average molecular weight is 346 g/mol. The van der Waals surface area contributed by atoms with E-state index in [9.17, 15) is 19.2 Å². The zero-order chi connectivity index (χ0) is 18.5. The van der Waals surface area contributed by atoms with Gasteiger partial charge in [-0.2, -0.15) is 0 Å². The molecular weight excluding hydrogens is 324 g/mol. The highest BCUT2D eigenvalue weighted by molar-refractivity contribution is 5.69. The van der Waals surface area contributed by atoms with Crippen LogP contribution < -0.4 is 0 Å². The Morgan fingerprint density at radius 1 is 0.958 bits per heavy atom. The Bertz CT molecular complexity index is 487. The third-order valence-electron chi connectivity index (χ3n) is 3.32. The van der Waals surface area contributed by atoms with Gasteiger partial charge >= 0.3 is 23.9 Å². The van der Waals surface area contributed by atoms with Crippen LogP contribution in [0.1, 0.15) is 41.0 Å². The molecule has 1 fully saturated rings. The van der Waals surface area contributed by atoms with Crippen molar-refractivity contribution in [3.63, 3.8) is 0 Å². The average Bonchev–Trinajstić information content (AvgIpc) is 2.39. The van der Waals surface area contributed by atoms with E-state index in [4.69, 9.17) is 23.7 Å². The maximum atomic E-state index is 11.4. The summed E-state index contributed by atoms with van der Waals surface area (Å²) in [4.78, 5) is 45.2. The molecule has 0 spiro atoms. The maximum absolute atomic E-state index is 11.4. The quantitative estimate of drug-likeness (QED) is 0.518. The summed E-state index contributed by atoms with van der Waals surface area (Å²) in [6.07, 6.45) is -2.88. The highest BCUT2D eigenvalue weighted by Gasteiger charge is 2.55. The minimum atomic E-state index is -1.53. The smallest absolute Gasteiger partial charge is 0.305 e. The Morgan fingerprint density at radius 2 is 1.54 bits per heavy atom. The number of hydrogen-bond acceptors (Lipinski definition) is 9. The van der Waals surface area contributed by atoms with Gasteiger partial charge in [0.15, 0.2) is 0 Å². The van der Waals surface area contributed by atoms with Crippen LogP contribution in [0.25, 0.3) is 0 Å². The predicted molar refractivity (Wildman–Crippen MR) is 77.4 cm³/mol. The summed E-state index contributed by atoms with van der Waals surface area (Å²) in [5.74, 6) is -2.45. The standard InChI is InChI=1S/C15H22O9/c1-8(16)20-7-12-6-13(21-9(2)17)15(5,24-11(4)19)14(23-12)22-10(3)18/h12-14H,6-7H2,1-5H3/t12-,13-,14?,15-/m0/s1. The molecule has 9 heteroatoms. The van der Waals surface area contributed by atoms with Gasteiger partial charge < -0.3 is 23.7 Å². The van der Waals surface area contributed by atoms with Crippen LogP contribution in [0.4, 0.5) is 0 Å². The predicted octanol–water partition coefficient (Wildman–Crippen LogP) is 0.481. The molecule has 1 rings (SSSR count). The van der Waals surface area contributed by atoms with Crippen molar-refractivity contribution in [3.8, 4) is 0 Å². The van der Waals surface area contributed by atoms with Gasteiger partial charge in [0, 0.05) is 34.1 Å².